The molecule has 128 valence electrons. The van der Waals surface area contributed by atoms with Crippen molar-refractivity contribution < 1.29 is 24.2 Å². The van der Waals surface area contributed by atoms with Crippen LogP contribution in [0.2, 0.25) is 5.02 Å². The number of hydrogen-bond acceptors (Lipinski definition) is 5. The summed E-state index contributed by atoms with van der Waals surface area (Å²) < 4.78 is 15.4. The lowest BCUT2D eigenvalue weighted by Gasteiger charge is -2.11. The van der Waals surface area contributed by atoms with E-state index in [4.69, 9.17) is 16.7 Å². The van der Waals surface area contributed by atoms with Gasteiger partial charge in [0.25, 0.3) is 5.91 Å². The number of carbonyl (C=O) groups is 2. The Bertz CT molecular complexity index is 1000. The molecule has 3 aromatic rings. The lowest BCUT2D eigenvalue weighted by molar-refractivity contribution is -0.135. The number of nitrogens with zero attached hydrogens (tertiary/aromatic N) is 3. The van der Waals surface area contributed by atoms with Crippen LogP contribution in [0.1, 0.15) is 10.4 Å². The molecule has 1 amide bonds. The summed E-state index contributed by atoms with van der Waals surface area (Å²) >= 11 is 5.73. The van der Waals surface area contributed by atoms with Gasteiger partial charge < -0.3 is 15.5 Å². The number of nitrogens with one attached hydrogen (secondary N) is 1. The molecule has 0 fully saturated rings. The maximum atomic E-state index is 14.2. The van der Waals surface area contributed by atoms with Crippen molar-refractivity contribution in [2.75, 3.05) is 6.54 Å². The minimum atomic E-state index is -1.25. The van der Waals surface area contributed by atoms with Gasteiger partial charge in [0.05, 0.1) is 5.69 Å². The Hall–Kier alpha value is -3.20. The summed E-state index contributed by atoms with van der Waals surface area (Å²) in [4.78, 5) is 26.6. The minimum absolute atomic E-state index is 0.0489. The van der Waals surface area contributed by atoms with Crippen molar-refractivity contribution in [2.45, 2.75) is 0 Å². The summed E-state index contributed by atoms with van der Waals surface area (Å²) in [6.07, 6.45) is 1.13. The SMILES string of the molecule is O=C(O)CNC(=O)c1c(O)cc(-c2ccc(Cl)cc2F)n2ncnc12. The van der Waals surface area contributed by atoms with Crippen molar-refractivity contribution in [3.8, 4) is 17.0 Å². The summed E-state index contributed by atoms with van der Waals surface area (Å²) in [6.45, 7) is -0.633. The maximum Gasteiger partial charge on any atom is 0.322 e. The molecule has 0 radical (unpaired) electrons. The summed E-state index contributed by atoms with van der Waals surface area (Å²) in [7, 11) is 0. The van der Waals surface area contributed by atoms with E-state index in [1.807, 2.05) is 0 Å². The van der Waals surface area contributed by atoms with Gasteiger partial charge in [-0.15, -0.1) is 0 Å². The van der Waals surface area contributed by atoms with E-state index in [-0.39, 0.29) is 27.5 Å². The third-order valence-corrected chi connectivity index (χ3v) is 3.60. The normalized spacial score (nSPS) is 10.8. The van der Waals surface area contributed by atoms with Crippen LogP contribution < -0.4 is 5.32 Å². The molecule has 0 atom stereocenters. The van der Waals surface area contributed by atoms with Crippen LogP contribution in [0.25, 0.3) is 16.9 Å². The molecule has 0 unspecified atom stereocenters. The molecule has 2 heterocycles. The number of amides is 1. The number of aliphatic carboxylic acids is 1. The van der Waals surface area contributed by atoms with Crippen LogP contribution in [0.4, 0.5) is 4.39 Å². The minimum Gasteiger partial charge on any atom is -0.507 e. The zero-order chi connectivity index (χ0) is 18.1. The largest absolute Gasteiger partial charge is 0.507 e. The summed E-state index contributed by atoms with van der Waals surface area (Å²) in [5.41, 5.74) is -0.0780. The van der Waals surface area contributed by atoms with Gasteiger partial charge in [0, 0.05) is 16.7 Å². The van der Waals surface area contributed by atoms with Crippen LogP contribution in [0.15, 0.2) is 30.6 Å². The number of benzene rings is 1. The highest BCUT2D eigenvalue weighted by molar-refractivity contribution is 6.30. The monoisotopic (exact) mass is 364 g/mol. The Labute approximate surface area is 144 Å². The Kier molecular flexibility index (Phi) is 4.24. The standard InChI is InChI=1S/C15H10ClFN4O4/c16-7-1-2-8(9(17)3-7)10-4-11(22)13(14-19-6-20-21(10)14)15(25)18-5-12(23)24/h1-4,6,22H,5H2,(H,18,25)(H,23,24). The lowest BCUT2D eigenvalue weighted by Crippen LogP contribution is -2.29. The highest BCUT2D eigenvalue weighted by Gasteiger charge is 2.22. The van der Waals surface area contributed by atoms with E-state index in [0.29, 0.717) is 0 Å². The van der Waals surface area contributed by atoms with Crippen LogP contribution in [-0.2, 0) is 4.79 Å². The molecule has 0 aliphatic carbocycles. The molecular formula is C15H10ClFN4O4. The number of fused-ring (bicyclic) bond motifs is 1. The van der Waals surface area contributed by atoms with Crippen LogP contribution in [-0.4, -0.2) is 43.2 Å². The molecule has 8 nitrogen and oxygen atoms in total. The Balaban J connectivity index is 2.16. The molecule has 0 bridgehead atoms. The highest BCUT2D eigenvalue weighted by Crippen LogP contribution is 2.31. The first-order valence-electron chi connectivity index (χ1n) is 6.89. The van der Waals surface area contributed by atoms with Crippen molar-refractivity contribution in [1.29, 1.82) is 0 Å². The zero-order valence-corrected chi connectivity index (χ0v) is 13.2. The second-order valence-corrected chi connectivity index (χ2v) is 5.42. The van der Waals surface area contributed by atoms with E-state index in [1.54, 1.807) is 0 Å². The third kappa shape index (κ3) is 3.09. The number of aromatic hydroxyl groups is 1. The van der Waals surface area contributed by atoms with Crippen molar-refractivity contribution in [1.82, 2.24) is 19.9 Å². The van der Waals surface area contributed by atoms with Gasteiger partial charge in [-0.25, -0.2) is 13.9 Å². The first-order chi connectivity index (χ1) is 11.9. The van der Waals surface area contributed by atoms with E-state index < -0.39 is 30.0 Å². The molecular weight excluding hydrogens is 355 g/mol. The number of aromatic nitrogens is 3. The molecule has 10 heteroatoms. The quantitative estimate of drug-likeness (QED) is 0.648. The molecule has 25 heavy (non-hydrogen) atoms. The molecule has 0 saturated heterocycles. The van der Waals surface area contributed by atoms with Crippen LogP contribution in [0.3, 0.4) is 0 Å². The average molecular weight is 365 g/mol. The van der Waals surface area contributed by atoms with E-state index in [0.717, 1.165) is 18.5 Å². The summed E-state index contributed by atoms with van der Waals surface area (Å²) in [5, 5.41) is 25.1. The van der Waals surface area contributed by atoms with Crippen molar-refractivity contribution >= 4 is 29.1 Å². The fraction of sp³-hybridized carbons (Fsp3) is 0.0667. The lowest BCUT2D eigenvalue weighted by atomic mass is 10.1. The predicted octanol–water partition coefficient (Wildman–Crippen LogP) is 1.71. The fourth-order valence-corrected chi connectivity index (χ4v) is 2.48. The van der Waals surface area contributed by atoms with Gasteiger partial charge in [-0.05, 0) is 18.2 Å². The summed E-state index contributed by atoms with van der Waals surface area (Å²) in [6, 6.07) is 5.11. The topological polar surface area (TPSA) is 117 Å². The van der Waals surface area contributed by atoms with Crippen LogP contribution in [0.5, 0.6) is 5.75 Å². The van der Waals surface area contributed by atoms with Gasteiger partial charge in [0.1, 0.15) is 30.0 Å². The number of carboxylic acids is 1. The molecule has 1 aromatic carbocycles. The van der Waals surface area contributed by atoms with Crippen molar-refractivity contribution in [2.24, 2.45) is 0 Å². The molecule has 2 aromatic heterocycles. The number of hydrogen-bond donors (Lipinski definition) is 3. The average Bonchev–Trinajstić information content (AvgIpc) is 3.01. The van der Waals surface area contributed by atoms with E-state index >= 15 is 0 Å². The van der Waals surface area contributed by atoms with Gasteiger partial charge in [0.2, 0.25) is 0 Å². The predicted molar refractivity (Wildman–Crippen MR) is 85.0 cm³/mol. The Morgan fingerprint density at radius 2 is 2.08 bits per heavy atom. The maximum absolute atomic E-state index is 14.2. The molecule has 0 spiro atoms. The van der Waals surface area contributed by atoms with Gasteiger partial charge in [-0.2, -0.15) is 5.10 Å². The second-order valence-electron chi connectivity index (χ2n) is 4.99. The smallest absolute Gasteiger partial charge is 0.322 e. The molecule has 0 aliphatic rings. The fourth-order valence-electron chi connectivity index (χ4n) is 2.32. The highest BCUT2D eigenvalue weighted by atomic mass is 35.5. The van der Waals surface area contributed by atoms with Gasteiger partial charge >= 0.3 is 5.97 Å². The number of rotatable bonds is 4. The first-order valence-corrected chi connectivity index (χ1v) is 7.27. The van der Waals surface area contributed by atoms with Crippen molar-refractivity contribution in [3.63, 3.8) is 0 Å². The molecule has 0 aliphatic heterocycles. The Morgan fingerprint density at radius 3 is 2.76 bits per heavy atom. The van der Waals surface area contributed by atoms with Crippen LogP contribution >= 0.6 is 11.6 Å². The van der Waals surface area contributed by atoms with Gasteiger partial charge in [0.15, 0.2) is 5.65 Å². The second kappa shape index (κ2) is 6.36. The van der Waals surface area contributed by atoms with Crippen LogP contribution in [0, 0.1) is 5.82 Å². The molecule has 3 rings (SSSR count). The number of pyridine rings is 1. The number of halogens is 2. The molecule has 0 saturated carbocycles. The van der Waals surface area contributed by atoms with Gasteiger partial charge in [-0.3, -0.25) is 9.59 Å². The molecule has 3 N–H and O–H groups in total. The zero-order valence-electron chi connectivity index (χ0n) is 12.4. The summed E-state index contributed by atoms with van der Waals surface area (Å²) in [5.74, 6) is -3.23. The number of carboxylic acid groups (broad SMARTS) is 1. The Morgan fingerprint density at radius 1 is 1.32 bits per heavy atom. The first kappa shape index (κ1) is 16.7. The van der Waals surface area contributed by atoms with Crippen molar-refractivity contribution in [3.05, 3.63) is 47.0 Å². The van der Waals surface area contributed by atoms with E-state index in [1.165, 1.54) is 16.6 Å². The van der Waals surface area contributed by atoms with E-state index in [9.17, 15) is 19.1 Å². The van der Waals surface area contributed by atoms with E-state index in [2.05, 4.69) is 15.4 Å². The third-order valence-electron chi connectivity index (χ3n) is 3.36. The van der Waals surface area contributed by atoms with Gasteiger partial charge in [-0.1, -0.05) is 11.6 Å². The number of carbonyl (C=O) groups excluding carboxylic acids is 1.